The molecule has 56 valence electrons. The molecule has 1 aromatic carbocycles. The minimum absolute atomic E-state index is 0.0826. The zero-order valence-corrected chi connectivity index (χ0v) is 6.48. The van der Waals surface area contributed by atoms with Gasteiger partial charge in [-0.3, -0.25) is 10.1 Å². The zero-order chi connectivity index (χ0) is 8.27. The van der Waals surface area contributed by atoms with Gasteiger partial charge in [0.05, 0.1) is 4.92 Å². The Hall–Kier alpha value is -1.28. The van der Waals surface area contributed by atoms with E-state index in [2.05, 4.69) is 0 Å². The molecule has 1 aromatic rings. The molecule has 0 aliphatic carbocycles. The Labute approximate surface area is 64.2 Å². The Bertz CT molecular complexity index is 300. The lowest BCUT2D eigenvalue weighted by Crippen LogP contribution is -2.00. The summed E-state index contributed by atoms with van der Waals surface area (Å²) in [5, 5.41) is 10.5. The fourth-order valence-corrected chi connectivity index (χ4v) is 1.16. The summed E-state index contributed by atoms with van der Waals surface area (Å²) >= 11 is 0. The Balaban J connectivity index is 3.22. The molecule has 0 bridgehead atoms. The first-order valence-corrected chi connectivity index (χ1v) is 3.78. The maximum absolute atomic E-state index is 10.4. The van der Waals surface area contributed by atoms with E-state index in [4.69, 9.17) is 0 Å². The van der Waals surface area contributed by atoms with Gasteiger partial charge in [0.1, 0.15) is 0 Å². The predicted molar refractivity (Wildman–Crippen MR) is 41.7 cm³/mol. The summed E-state index contributed by atoms with van der Waals surface area (Å²) in [6.45, 7) is 0. The molecule has 0 spiro atoms. The number of hydrogen-bond acceptors (Lipinski definition) is 3. The van der Waals surface area contributed by atoms with Gasteiger partial charge in [0.25, 0.3) is 5.30 Å². The maximum atomic E-state index is 10.4. The number of rotatable bonds is 2. The topological polar surface area (TPSA) is 60.2 Å². The summed E-state index contributed by atoms with van der Waals surface area (Å²) in [6.07, 6.45) is 0. The molecule has 0 saturated carbocycles. The van der Waals surface area contributed by atoms with Crippen LogP contribution >= 0.6 is 8.46 Å². The molecule has 4 nitrogen and oxygen atoms in total. The summed E-state index contributed by atoms with van der Waals surface area (Å²) in [5.41, 5.74) is -0.0826. The second-order valence-electron chi connectivity index (χ2n) is 1.88. The molecule has 0 radical (unpaired) electrons. The van der Waals surface area contributed by atoms with Gasteiger partial charge in [-0.25, -0.2) is 0 Å². The monoisotopic (exact) mass is 170 g/mol. The van der Waals surface area contributed by atoms with Gasteiger partial charge in [-0.15, -0.1) is 0 Å². The third-order valence-corrected chi connectivity index (χ3v) is 1.85. The van der Waals surface area contributed by atoms with Crippen molar-refractivity contribution in [3.8, 4) is 0 Å². The summed E-state index contributed by atoms with van der Waals surface area (Å²) in [5.74, 6) is 0. The fraction of sp³-hybridized carbons (Fsp3) is 0. The minimum Gasteiger partial charge on any atom is -0.258 e. The Kier molecular flexibility index (Phi) is 2.28. The van der Waals surface area contributed by atoms with E-state index in [1.54, 1.807) is 12.1 Å². The van der Waals surface area contributed by atoms with E-state index in [9.17, 15) is 14.7 Å². The van der Waals surface area contributed by atoms with Crippen molar-refractivity contribution in [1.82, 2.24) is 0 Å². The molecule has 0 heterocycles. The molecule has 0 saturated heterocycles. The first-order valence-electron chi connectivity index (χ1n) is 2.87. The van der Waals surface area contributed by atoms with Crippen LogP contribution in [0.15, 0.2) is 24.3 Å². The summed E-state index contributed by atoms with van der Waals surface area (Å²) in [4.78, 5) is 9.71. The molecule has 0 fully saturated rings. The average Bonchev–Trinajstić information content (AvgIpc) is 2.04. The smallest absolute Gasteiger partial charge is 0.258 e. The van der Waals surface area contributed by atoms with Crippen LogP contribution in [0.25, 0.3) is 0 Å². The summed E-state index contributed by atoms with van der Waals surface area (Å²) < 4.78 is 10.4. The average molecular weight is 170 g/mol. The van der Waals surface area contributed by atoms with Crippen molar-refractivity contribution >= 4 is 19.5 Å². The highest BCUT2D eigenvalue weighted by Crippen LogP contribution is 2.11. The van der Waals surface area contributed by atoms with Gasteiger partial charge >= 0.3 is 14.1 Å². The van der Waals surface area contributed by atoms with E-state index in [1.807, 2.05) is 0 Å². The van der Waals surface area contributed by atoms with E-state index in [1.165, 1.54) is 12.1 Å². The molecular formula is C6H5NO3P+. The van der Waals surface area contributed by atoms with Crippen molar-refractivity contribution in [2.45, 2.75) is 0 Å². The van der Waals surface area contributed by atoms with Crippen LogP contribution in [0.4, 0.5) is 5.69 Å². The van der Waals surface area contributed by atoms with Crippen molar-refractivity contribution in [1.29, 1.82) is 0 Å². The van der Waals surface area contributed by atoms with Crippen molar-refractivity contribution < 1.29 is 9.49 Å². The molecule has 1 rings (SSSR count). The van der Waals surface area contributed by atoms with E-state index >= 15 is 0 Å². The number of para-hydroxylation sites is 1. The molecule has 1 atom stereocenters. The van der Waals surface area contributed by atoms with E-state index in [-0.39, 0.29) is 11.0 Å². The summed E-state index contributed by atoms with van der Waals surface area (Å²) in [7, 11) is -0.770. The van der Waals surface area contributed by atoms with Gasteiger partial charge in [0, 0.05) is 6.07 Å². The highest BCUT2D eigenvalue weighted by atomic mass is 31.1. The lowest BCUT2D eigenvalue weighted by Gasteiger charge is -1.86. The third-order valence-electron chi connectivity index (χ3n) is 1.21. The molecule has 0 aliphatic heterocycles. The maximum Gasteiger partial charge on any atom is 0.370 e. The van der Waals surface area contributed by atoms with Gasteiger partial charge < -0.3 is 0 Å². The zero-order valence-electron chi connectivity index (χ0n) is 5.48. The molecular weight excluding hydrogens is 165 g/mol. The Morgan fingerprint density at radius 3 is 2.45 bits per heavy atom. The largest absolute Gasteiger partial charge is 0.370 e. The van der Waals surface area contributed by atoms with Crippen molar-refractivity contribution in [3.05, 3.63) is 34.4 Å². The third kappa shape index (κ3) is 1.59. The number of hydrogen-bond donors (Lipinski definition) is 0. The SMILES string of the molecule is O=[PH+]c1ccccc1[N+](=O)[O-]. The second kappa shape index (κ2) is 3.21. The quantitative estimate of drug-likeness (QED) is 0.381. The first kappa shape index (κ1) is 7.82. The number of benzene rings is 1. The summed E-state index contributed by atoms with van der Waals surface area (Å²) in [6, 6.07) is 5.97. The van der Waals surface area contributed by atoms with E-state index in [0.29, 0.717) is 0 Å². The van der Waals surface area contributed by atoms with Gasteiger partial charge in [0.15, 0.2) is 0 Å². The molecule has 0 amide bonds. The first-order chi connectivity index (χ1) is 5.25. The van der Waals surface area contributed by atoms with Gasteiger partial charge in [-0.1, -0.05) is 16.7 Å². The highest BCUT2D eigenvalue weighted by Gasteiger charge is 2.17. The molecule has 11 heavy (non-hydrogen) atoms. The Morgan fingerprint density at radius 2 is 2.00 bits per heavy atom. The van der Waals surface area contributed by atoms with Crippen LogP contribution in [0.3, 0.4) is 0 Å². The number of nitro groups is 1. The number of nitro benzene ring substituents is 1. The standard InChI is InChI=1S/C6H4NO3P/c8-7(9)5-3-1-2-4-6(5)11-10/h1-4H/p+1. The van der Waals surface area contributed by atoms with Crippen LogP contribution in [0.2, 0.25) is 0 Å². The van der Waals surface area contributed by atoms with Crippen LogP contribution < -0.4 is 5.30 Å². The van der Waals surface area contributed by atoms with Gasteiger partial charge in [0.2, 0.25) is 0 Å². The fourth-order valence-electron chi connectivity index (χ4n) is 0.719. The van der Waals surface area contributed by atoms with Crippen molar-refractivity contribution in [2.75, 3.05) is 0 Å². The van der Waals surface area contributed by atoms with E-state index < -0.39 is 13.4 Å². The lowest BCUT2D eigenvalue weighted by atomic mass is 10.3. The van der Waals surface area contributed by atoms with Crippen LogP contribution in [0.5, 0.6) is 0 Å². The highest BCUT2D eigenvalue weighted by molar-refractivity contribution is 7.34. The Morgan fingerprint density at radius 1 is 1.36 bits per heavy atom. The molecule has 0 N–H and O–H groups in total. The van der Waals surface area contributed by atoms with E-state index in [0.717, 1.165) is 0 Å². The minimum atomic E-state index is -0.770. The van der Waals surface area contributed by atoms with Crippen LogP contribution in [-0.2, 0) is 4.57 Å². The molecule has 0 aromatic heterocycles. The second-order valence-corrected chi connectivity index (χ2v) is 2.62. The number of nitrogens with zero attached hydrogens (tertiary/aromatic N) is 1. The van der Waals surface area contributed by atoms with Crippen LogP contribution in [0, 0.1) is 10.1 Å². The van der Waals surface area contributed by atoms with Crippen molar-refractivity contribution in [3.63, 3.8) is 0 Å². The van der Waals surface area contributed by atoms with Gasteiger partial charge in [-0.2, -0.15) is 0 Å². The van der Waals surface area contributed by atoms with Gasteiger partial charge in [-0.05, 0) is 6.07 Å². The van der Waals surface area contributed by atoms with Crippen molar-refractivity contribution in [2.24, 2.45) is 0 Å². The predicted octanol–water partition coefficient (Wildman–Crippen LogP) is 1.24. The normalized spacial score (nSPS) is 9.82. The molecule has 1 unspecified atom stereocenters. The van der Waals surface area contributed by atoms with Crippen LogP contribution in [0.1, 0.15) is 0 Å². The lowest BCUT2D eigenvalue weighted by molar-refractivity contribution is -0.383. The van der Waals surface area contributed by atoms with Crippen LogP contribution in [-0.4, -0.2) is 4.92 Å². The molecule has 5 heteroatoms. The molecule has 0 aliphatic rings.